The fraction of sp³-hybridized carbons (Fsp3) is 1.00. The van der Waals surface area contributed by atoms with Crippen molar-refractivity contribution in [3.8, 4) is 0 Å². The third-order valence-electron chi connectivity index (χ3n) is 3.81. The number of aliphatic hydroxyl groups is 1. The van der Waals surface area contributed by atoms with E-state index in [1.807, 2.05) is 0 Å². The van der Waals surface area contributed by atoms with Crippen LogP contribution in [-0.2, 0) is 4.74 Å². The van der Waals surface area contributed by atoms with E-state index < -0.39 is 0 Å². The molecule has 0 bridgehead atoms. The van der Waals surface area contributed by atoms with Gasteiger partial charge in [0.25, 0.3) is 0 Å². The third kappa shape index (κ3) is 7.88. The number of ether oxygens (including phenoxy) is 1. The van der Waals surface area contributed by atoms with Crippen molar-refractivity contribution in [3.63, 3.8) is 0 Å². The summed E-state index contributed by atoms with van der Waals surface area (Å²) in [5, 5.41) is 13.1. The first kappa shape index (κ1) is 16.9. The summed E-state index contributed by atoms with van der Waals surface area (Å²) in [5.74, 6) is 0.735. The Balaban J connectivity index is 1.91. The summed E-state index contributed by atoms with van der Waals surface area (Å²) in [6, 6.07) is 0.638. The largest absolute Gasteiger partial charge is 0.389 e. The average molecular weight is 272 g/mol. The Morgan fingerprint density at radius 1 is 1.42 bits per heavy atom. The van der Waals surface area contributed by atoms with Gasteiger partial charge in [-0.25, -0.2) is 0 Å². The van der Waals surface area contributed by atoms with Crippen LogP contribution < -0.4 is 5.32 Å². The summed E-state index contributed by atoms with van der Waals surface area (Å²) >= 11 is 0. The molecule has 2 atom stereocenters. The molecule has 0 aromatic heterocycles. The molecule has 1 rings (SSSR count). The van der Waals surface area contributed by atoms with Crippen molar-refractivity contribution in [3.05, 3.63) is 0 Å². The highest BCUT2D eigenvalue weighted by molar-refractivity contribution is 4.78. The molecule has 2 N–H and O–H groups in total. The van der Waals surface area contributed by atoms with E-state index >= 15 is 0 Å². The van der Waals surface area contributed by atoms with Gasteiger partial charge in [-0.15, -0.1) is 0 Å². The Morgan fingerprint density at radius 3 is 2.84 bits per heavy atom. The zero-order valence-electron chi connectivity index (χ0n) is 12.9. The summed E-state index contributed by atoms with van der Waals surface area (Å²) in [6.07, 6.45) is 4.47. The number of nitrogens with zero attached hydrogens (tertiary/aromatic N) is 1. The highest BCUT2D eigenvalue weighted by Crippen LogP contribution is 2.13. The van der Waals surface area contributed by atoms with Gasteiger partial charge in [0.05, 0.1) is 12.7 Å². The van der Waals surface area contributed by atoms with E-state index in [-0.39, 0.29) is 6.10 Å². The van der Waals surface area contributed by atoms with Gasteiger partial charge in [-0.3, -0.25) is 0 Å². The van der Waals surface area contributed by atoms with Crippen LogP contribution in [0.2, 0.25) is 0 Å². The normalized spacial score (nSPS) is 22.3. The molecular formula is C15H32N2O2. The van der Waals surface area contributed by atoms with Crippen LogP contribution in [0.4, 0.5) is 0 Å². The van der Waals surface area contributed by atoms with E-state index in [9.17, 15) is 5.11 Å². The first-order valence-electron chi connectivity index (χ1n) is 7.76. The molecule has 0 aromatic rings. The maximum absolute atomic E-state index is 9.80. The van der Waals surface area contributed by atoms with Gasteiger partial charge >= 0.3 is 0 Å². The molecule has 2 unspecified atom stereocenters. The zero-order valence-corrected chi connectivity index (χ0v) is 12.9. The number of rotatable bonds is 10. The zero-order chi connectivity index (χ0) is 14.1. The number of likely N-dealkylation sites (tertiary alicyclic amines) is 1. The van der Waals surface area contributed by atoms with Gasteiger partial charge in [-0.05, 0) is 45.2 Å². The summed E-state index contributed by atoms with van der Waals surface area (Å²) in [4.78, 5) is 2.39. The Hall–Kier alpha value is -0.160. The van der Waals surface area contributed by atoms with E-state index in [0.29, 0.717) is 19.2 Å². The van der Waals surface area contributed by atoms with E-state index in [2.05, 4.69) is 31.1 Å². The van der Waals surface area contributed by atoms with Gasteiger partial charge in [0.2, 0.25) is 0 Å². The highest BCUT2D eigenvalue weighted by atomic mass is 16.5. The molecule has 0 saturated carbocycles. The maximum atomic E-state index is 9.80. The van der Waals surface area contributed by atoms with Crippen LogP contribution in [0.3, 0.4) is 0 Å². The summed E-state index contributed by atoms with van der Waals surface area (Å²) in [6.45, 7) is 8.47. The fourth-order valence-corrected chi connectivity index (χ4v) is 2.53. The summed E-state index contributed by atoms with van der Waals surface area (Å²) < 4.78 is 5.49. The smallest absolute Gasteiger partial charge is 0.0897 e. The van der Waals surface area contributed by atoms with Crippen LogP contribution in [0.5, 0.6) is 0 Å². The van der Waals surface area contributed by atoms with E-state index in [0.717, 1.165) is 25.5 Å². The van der Waals surface area contributed by atoms with Gasteiger partial charge < -0.3 is 20.1 Å². The third-order valence-corrected chi connectivity index (χ3v) is 3.81. The van der Waals surface area contributed by atoms with Gasteiger partial charge in [-0.1, -0.05) is 13.8 Å². The Morgan fingerprint density at radius 2 is 2.21 bits per heavy atom. The van der Waals surface area contributed by atoms with Crippen molar-refractivity contribution in [1.29, 1.82) is 0 Å². The number of nitrogens with one attached hydrogen (secondary N) is 1. The Bertz CT molecular complexity index is 224. The SMILES string of the molecule is CC(C)CCCOCC(O)CNCC1CCCN1C. The quantitative estimate of drug-likeness (QED) is 0.591. The van der Waals surface area contributed by atoms with Crippen LogP contribution in [0, 0.1) is 5.92 Å². The second-order valence-corrected chi connectivity index (χ2v) is 6.20. The van der Waals surface area contributed by atoms with Crippen LogP contribution in [0.1, 0.15) is 39.5 Å². The number of likely N-dealkylation sites (N-methyl/N-ethyl adjacent to an activating group) is 1. The predicted octanol–water partition coefficient (Wildman–Crippen LogP) is 1.48. The van der Waals surface area contributed by atoms with E-state index in [4.69, 9.17) is 4.74 Å². The molecule has 1 fully saturated rings. The number of hydrogen-bond donors (Lipinski definition) is 2. The predicted molar refractivity (Wildman–Crippen MR) is 79.4 cm³/mol. The molecule has 114 valence electrons. The lowest BCUT2D eigenvalue weighted by molar-refractivity contribution is 0.0343. The van der Waals surface area contributed by atoms with Crippen LogP contribution in [0.15, 0.2) is 0 Å². The molecule has 4 nitrogen and oxygen atoms in total. The Kier molecular flexibility index (Phi) is 8.62. The number of aliphatic hydroxyl groups excluding tert-OH is 1. The molecule has 1 saturated heterocycles. The van der Waals surface area contributed by atoms with Crippen molar-refractivity contribution < 1.29 is 9.84 Å². The monoisotopic (exact) mass is 272 g/mol. The summed E-state index contributed by atoms with van der Waals surface area (Å²) in [5.41, 5.74) is 0. The second kappa shape index (κ2) is 9.70. The molecule has 0 amide bonds. The lowest BCUT2D eigenvalue weighted by atomic mass is 10.1. The highest BCUT2D eigenvalue weighted by Gasteiger charge is 2.20. The first-order valence-corrected chi connectivity index (χ1v) is 7.76. The second-order valence-electron chi connectivity index (χ2n) is 6.20. The minimum atomic E-state index is -0.384. The molecule has 19 heavy (non-hydrogen) atoms. The van der Waals surface area contributed by atoms with Crippen molar-refractivity contribution in [2.45, 2.75) is 51.7 Å². The average Bonchev–Trinajstić information content (AvgIpc) is 2.74. The minimum Gasteiger partial charge on any atom is -0.389 e. The molecule has 0 spiro atoms. The van der Waals surface area contributed by atoms with Crippen molar-refractivity contribution in [2.24, 2.45) is 5.92 Å². The standard InChI is InChI=1S/C15H32N2O2/c1-13(2)6-5-9-19-12-15(18)11-16-10-14-7-4-8-17(14)3/h13-16,18H,4-12H2,1-3H3. The molecular weight excluding hydrogens is 240 g/mol. The van der Waals surface area contributed by atoms with Crippen molar-refractivity contribution in [2.75, 3.05) is 39.9 Å². The molecule has 0 aliphatic carbocycles. The van der Waals surface area contributed by atoms with Gasteiger partial charge in [0.15, 0.2) is 0 Å². The fourth-order valence-electron chi connectivity index (χ4n) is 2.53. The molecule has 0 radical (unpaired) electrons. The topological polar surface area (TPSA) is 44.7 Å². The van der Waals surface area contributed by atoms with E-state index in [1.165, 1.54) is 25.8 Å². The Labute approximate surface area is 118 Å². The minimum absolute atomic E-state index is 0.384. The van der Waals surface area contributed by atoms with E-state index in [1.54, 1.807) is 0 Å². The van der Waals surface area contributed by atoms with Crippen LogP contribution >= 0.6 is 0 Å². The molecule has 1 aliphatic rings. The molecule has 4 heteroatoms. The van der Waals surface area contributed by atoms with Gasteiger partial charge in [0.1, 0.15) is 0 Å². The van der Waals surface area contributed by atoms with Gasteiger partial charge in [0, 0.05) is 25.7 Å². The molecule has 1 heterocycles. The molecule has 0 aromatic carbocycles. The van der Waals surface area contributed by atoms with Crippen molar-refractivity contribution in [1.82, 2.24) is 10.2 Å². The van der Waals surface area contributed by atoms with Crippen LogP contribution in [0.25, 0.3) is 0 Å². The molecule has 1 aliphatic heterocycles. The van der Waals surface area contributed by atoms with Gasteiger partial charge in [-0.2, -0.15) is 0 Å². The summed E-state index contributed by atoms with van der Waals surface area (Å²) in [7, 11) is 2.17. The van der Waals surface area contributed by atoms with Crippen molar-refractivity contribution >= 4 is 0 Å². The number of hydrogen-bond acceptors (Lipinski definition) is 4. The van der Waals surface area contributed by atoms with Crippen LogP contribution in [-0.4, -0.2) is 62.0 Å². The maximum Gasteiger partial charge on any atom is 0.0897 e. The first-order chi connectivity index (χ1) is 9.09. The lowest BCUT2D eigenvalue weighted by Crippen LogP contribution is -2.39. The lowest BCUT2D eigenvalue weighted by Gasteiger charge is -2.20.